The zero-order valence-corrected chi connectivity index (χ0v) is 19.0. The molecular weight excluding hydrogens is 410 g/mol. The number of nitriles is 1. The van der Waals surface area contributed by atoms with Crippen molar-refractivity contribution in [2.75, 3.05) is 30.4 Å². The van der Waals surface area contributed by atoms with Gasteiger partial charge in [-0.1, -0.05) is 12.1 Å². The Labute approximate surface area is 187 Å². The lowest BCUT2D eigenvalue weighted by atomic mass is 10.1. The highest BCUT2D eigenvalue weighted by Gasteiger charge is 2.31. The Morgan fingerprint density at radius 2 is 1.81 bits per heavy atom. The number of para-hydroxylation sites is 2. The van der Waals surface area contributed by atoms with Crippen LogP contribution in [0.4, 0.5) is 11.4 Å². The maximum atomic E-state index is 12.7. The number of carbonyl (C=O) groups is 2. The predicted octanol–water partition coefficient (Wildman–Crippen LogP) is 3.56. The highest BCUT2D eigenvalue weighted by molar-refractivity contribution is 7.09. The van der Waals surface area contributed by atoms with Crippen LogP contribution in [-0.4, -0.2) is 37.3 Å². The van der Waals surface area contributed by atoms with Crippen molar-refractivity contribution in [3.63, 3.8) is 0 Å². The maximum absolute atomic E-state index is 12.7. The molecule has 1 aromatic carbocycles. The van der Waals surface area contributed by atoms with E-state index in [0.29, 0.717) is 12.4 Å². The predicted molar refractivity (Wildman–Crippen MR) is 123 cm³/mol. The van der Waals surface area contributed by atoms with Crippen LogP contribution >= 0.6 is 11.3 Å². The summed E-state index contributed by atoms with van der Waals surface area (Å²) in [7, 11) is 3.67. The Morgan fingerprint density at radius 3 is 2.39 bits per heavy atom. The number of anilines is 2. The molecule has 0 saturated carbocycles. The van der Waals surface area contributed by atoms with Gasteiger partial charge >= 0.3 is 0 Å². The summed E-state index contributed by atoms with van der Waals surface area (Å²) >= 11 is 1.66. The second-order valence-corrected chi connectivity index (χ2v) is 8.47. The molecule has 0 fully saturated rings. The largest absolute Gasteiger partial charge is 0.356 e. The van der Waals surface area contributed by atoms with Crippen LogP contribution in [0, 0.1) is 18.3 Å². The number of hydrogen-bond donors (Lipinski definition) is 1. The Kier molecular flexibility index (Phi) is 7.42. The molecule has 31 heavy (non-hydrogen) atoms. The second-order valence-electron chi connectivity index (χ2n) is 7.53. The summed E-state index contributed by atoms with van der Waals surface area (Å²) in [5.74, 6) is 0.0574. The average molecular weight is 438 g/mol. The van der Waals surface area contributed by atoms with E-state index in [1.54, 1.807) is 11.3 Å². The first-order chi connectivity index (χ1) is 14.9. The molecule has 2 heterocycles. The molecule has 0 atom stereocenters. The van der Waals surface area contributed by atoms with Gasteiger partial charge in [-0.05, 0) is 38.3 Å². The fourth-order valence-corrected chi connectivity index (χ4v) is 4.46. The molecule has 1 N–H and O–H groups in total. The van der Waals surface area contributed by atoms with Gasteiger partial charge < -0.3 is 15.1 Å². The molecular formula is C23H27N5O2S. The first-order valence-electron chi connectivity index (χ1n) is 10.3. The van der Waals surface area contributed by atoms with Crippen molar-refractivity contribution in [2.45, 2.75) is 39.0 Å². The fraction of sp³-hybridized carbons (Fsp3) is 0.391. The number of amides is 1. The van der Waals surface area contributed by atoms with Crippen molar-refractivity contribution in [1.82, 2.24) is 10.3 Å². The lowest BCUT2D eigenvalue weighted by Crippen LogP contribution is -2.27. The topological polar surface area (TPSA) is 89.3 Å². The summed E-state index contributed by atoms with van der Waals surface area (Å²) in [4.78, 5) is 33.0. The molecule has 1 amide bonds. The maximum Gasteiger partial charge on any atom is 0.220 e. The number of aromatic nitrogens is 1. The third-order valence-electron chi connectivity index (χ3n) is 5.24. The van der Waals surface area contributed by atoms with Crippen LogP contribution in [0.3, 0.4) is 0 Å². The summed E-state index contributed by atoms with van der Waals surface area (Å²) in [6.07, 6.45) is 2.81. The van der Waals surface area contributed by atoms with Crippen LogP contribution < -0.4 is 15.1 Å². The first-order valence-corrected chi connectivity index (χ1v) is 11.2. The van der Waals surface area contributed by atoms with Crippen LogP contribution in [0.15, 0.2) is 41.0 Å². The van der Waals surface area contributed by atoms with Crippen LogP contribution in [-0.2, 0) is 16.0 Å². The molecule has 2 aromatic rings. The molecule has 1 aromatic heterocycles. The number of aryl methyl sites for hydroxylation is 2. The van der Waals surface area contributed by atoms with E-state index in [1.165, 1.54) is 0 Å². The van der Waals surface area contributed by atoms with Crippen molar-refractivity contribution in [2.24, 2.45) is 0 Å². The van der Waals surface area contributed by atoms with E-state index in [1.807, 2.05) is 60.5 Å². The number of thiazole rings is 1. The van der Waals surface area contributed by atoms with Crippen molar-refractivity contribution < 1.29 is 9.59 Å². The van der Waals surface area contributed by atoms with Gasteiger partial charge in [-0.2, -0.15) is 5.26 Å². The van der Waals surface area contributed by atoms with Crippen molar-refractivity contribution in [3.8, 4) is 6.07 Å². The fourth-order valence-electron chi connectivity index (χ4n) is 3.64. The van der Waals surface area contributed by atoms with E-state index in [2.05, 4.69) is 16.4 Å². The molecule has 0 spiro atoms. The van der Waals surface area contributed by atoms with Gasteiger partial charge in [-0.25, -0.2) is 4.98 Å². The van der Waals surface area contributed by atoms with Crippen molar-refractivity contribution in [3.05, 3.63) is 51.7 Å². The van der Waals surface area contributed by atoms with Gasteiger partial charge in [0.2, 0.25) is 5.91 Å². The quantitative estimate of drug-likeness (QED) is 0.367. The highest BCUT2D eigenvalue weighted by atomic mass is 32.1. The minimum Gasteiger partial charge on any atom is -0.356 e. The Morgan fingerprint density at radius 1 is 1.13 bits per heavy atom. The normalized spacial score (nSPS) is 12.5. The SMILES string of the molecule is Cc1csc(CCCCNC(=O)CCC(=O)C(C#N)=C2N(C)c3ccccc3N2C)n1. The van der Waals surface area contributed by atoms with Crippen LogP contribution in [0.25, 0.3) is 0 Å². The number of unbranched alkanes of at least 4 members (excludes halogenated alkanes) is 1. The Hall–Kier alpha value is -3.18. The number of benzene rings is 1. The van der Waals surface area contributed by atoms with Gasteiger partial charge in [0.1, 0.15) is 17.5 Å². The van der Waals surface area contributed by atoms with Gasteiger partial charge in [-0.3, -0.25) is 9.59 Å². The molecule has 1 aliphatic rings. The molecule has 0 radical (unpaired) electrons. The number of fused-ring (bicyclic) bond motifs is 1. The molecule has 1 aliphatic heterocycles. The minimum absolute atomic E-state index is 0.00858. The monoisotopic (exact) mass is 437 g/mol. The molecule has 7 nitrogen and oxygen atoms in total. The summed E-state index contributed by atoms with van der Waals surface area (Å²) in [6, 6.07) is 9.78. The Balaban J connectivity index is 1.47. The summed E-state index contributed by atoms with van der Waals surface area (Å²) in [6.45, 7) is 2.56. The molecule has 3 rings (SSSR count). The summed E-state index contributed by atoms with van der Waals surface area (Å²) in [5.41, 5.74) is 2.99. The first kappa shape index (κ1) is 22.5. The number of nitrogens with one attached hydrogen (secondary N) is 1. The minimum atomic E-state index is -0.321. The van der Waals surface area contributed by atoms with Gasteiger partial charge in [0, 0.05) is 44.6 Å². The van der Waals surface area contributed by atoms with Gasteiger partial charge in [0.15, 0.2) is 5.78 Å². The van der Waals surface area contributed by atoms with Crippen LogP contribution in [0.5, 0.6) is 0 Å². The van der Waals surface area contributed by atoms with Gasteiger partial charge in [0.05, 0.1) is 16.4 Å². The van der Waals surface area contributed by atoms with Crippen LogP contribution in [0.2, 0.25) is 0 Å². The van der Waals surface area contributed by atoms with E-state index >= 15 is 0 Å². The van der Waals surface area contributed by atoms with E-state index in [0.717, 1.165) is 41.3 Å². The zero-order valence-electron chi connectivity index (χ0n) is 18.1. The number of allylic oxidation sites excluding steroid dienone is 1. The second kappa shape index (κ2) is 10.2. The highest BCUT2D eigenvalue weighted by Crippen LogP contribution is 2.40. The van der Waals surface area contributed by atoms with E-state index < -0.39 is 0 Å². The lowest BCUT2D eigenvalue weighted by molar-refractivity contribution is -0.124. The molecule has 0 bridgehead atoms. The number of nitrogens with zero attached hydrogens (tertiary/aromatic N) is 4. The third-order valence-corrected chi connectivity index (χ3v) is 6.27. The van der Waals surface area contributed by atoms with Crippen molar-refractivity contribution >= 4 is 34.4 Å². The molecule has 0 unspecified atom stereocenters. The van der Waals surface area contributed by atoms with Crippen LogP contribution in [0.1, 0.15) is 36.4 Å². The smallest absolute Gasteiger partial charge is 0.220 e. The van der Waals surface area contributed by atoms with E-state index in [-0.39, 0.29) is 30.1 Å². The lowest BCUT2D eigenvalue weighted by Gasteiger charge is -2.19. The third kappa shape index (κ3) is 5.30. The molecule has 0 saturated heterocycles. The standard InChI is InChI=1S/C23H27N5O2S/c1-16-15-31-22(26-16)10-6-7-13-25-21(30)12-11-20(29)17(14-24)23-27(2)18-8-4-5-9-19(18)28(23)3/h4-5,8-9,15H,6-7,10-13H2,1-3H3,(H,25,30). The average Bonchev–Trinajstić information content (AvgIpc) is 3.29. The number of hydrogen-bond acceptors (Lipinski definition) is 7. The number of rotatable bonds is 9. The van der Waals surface area contributed by atoms with Gasteiger partial charge in [0.25, 0.3) is 0 Å². The zero-order chi connectivity index (χ0) is 22.4. The molecule has 0 aliphatic carbocycles. The summed E-state index contributed by atoms with van der Waals surface area (Å²) in [5, 5.41) is 15.7. The summed E-state index contributed by atoms with van der Waals surface area (Å²) < 4.78 is 0. The van der Waals surface area contributed by atoms with Crippen molar-refractivity contribution in [1.29, 1.82) is 5.26 Å². The van der Waals surface area contributed by atoms with E-state index in [9.17, 15) is 14.9 Å². The Bertz CT molecular complexity index is 1010. The molecule has 162 valence electrons. The molecule has 8 heteroatoms. The number of Topliss-reactive ketones (excluding diaryl/α,β-unsaturated/α-hetero) is 1. The van der Waals surface area contributed by atoms with E-state index in [4.69, 9.17) is 0 Å². The number of ketones is 1. The number of carbonyl (C=O) groups excluding carboxylic acids is 2. The van der Waals surface area contributed by atoms with Gasteiger partial charge in [-0.15, -0.1) is 11.3 Å².